The van der Waals surface area contributed by atoms with Crippen molar-refractivity contribution in [2.45, 2.75) is 45.4 Å². The van der Waals surface area contributed by atoms with Crippen LogP contribution in [-0.4, -0.2) is 19.0 Å². The predicted molar refractivity (Wildman–Crippen MR) is 101 cm³/mol. The molecule has 5 rings (SSSR count). The lowest BCUT2D eigenvalue weighted by atomic mass is 9.57. The Bertz CT molecular complexity index is 811. The van der Waals surface area contributed by atoms with E-state index in [0.29, 0.717) is 13.2 Å². The van der Waals surface area contributed by atoms with Crippen molar-refractivity contribution >= 4 is 15.9 Å². The Morgan fingerprint density at radius 1 is 1.04 bits per heavy atom. The minimum Gasteiger partial charge on any atom is -0.348 e. The van der Waals surface area contributed by atoms with Crippen molar-refractivity contribution in [3.8, 4) is 0 Å². The molecule has 2 atom stereocenters. The van der Waals surface area contributed by atoms with E-state index in [2.05, 4.69) is 90.8 Å². The van der Waals surface area contributed by atoms with E-state index in [-0.39, 0.29) is 17.4 Å². The topological polar surface area (TPSA) is 22.3 Å². The first-order valence-corrected chi connectivity index (χ1v) is 9.84. The summed E-state index contributed by atoms with van der Waals surface area (Å²) < 4.78 is 16.4. The molecule has 1 aromatic carbocycles. The van der Waals surface area contributed by atoms with Crippen LogP contribution in [0.2, 0.25) is 0 Å². The average Bonchev–Trinajstić information content (AvgIpc) is 2.58. The van der Waals surface area contributed by atoms with Gasteiger partial charge in [-0.15, -0.1) is 0 Å². The number of pyridine rings is 1. The third-order valence-corrected chi connectivity index (χ3v) is 6.32. The molecule has 3 nitrogen and oxygen atoms in total. The van der Waals surface area contributed by atoms with Crippen molar-refractivity contribution in [1.82, 2.24) is 0 Å². The van der Waals surface area contributed by atoms with E-state index in [1.54, 1.807) is 0 Å². The minimum absolute atomic E-state index is 0.0427. The predicted octanol–water partition coefficient (Wildman–Crippen LogP) is 4.58. The van der Waals surface area contributed by atoms with Gasteiger partial charge in [-0.25, -0.2) is 0 Å². The fourth-order valence-electron chi connectivity index (χ4n) is 5.01. The molecular formula is C21H25BrNO2+. The fraction of sp³-hybridized carbons (Fsp3) is 0.476. The van der Waals surface area contributed by atoms with Gasteiger partial charge >= 0.3 is 0 Å². The summed E-state index contributed by atoms with van der Waals surface area (Å²) in [5.41, 5.74) is 3.74. The lowest BCUT2D eigenvalue weighted by molar-refractivity contribution is -0.755. The highest BCUT2D eigenvalue weighted by Gasteiger charge is 2.70. The van der Waals surface area contributed by atoms with Crippen LogP contribution in [0, 0.1) is 5.41 Å². The van der Waals surface area contributed by atoms with Crippen LogP contribution in [-0.2, 0) is 9.47 Å². The van der Waals surface area contributed by atoms with Gasteiger partial charge in [-0.3, -0.25) is 0 Å². The van der Waals surface area contributed by atoms with Crippen LogP contribution in [0.5, 0.6) is 0 Å². The van der Waals surface area contributed by atoms with Crippen LogP contribution >= 0.6 is 15.9 Å². The molecule has 2 aromatic rings. The van der Waals surface area contributed by atoms with E-state index >= 15 is 0 Å². The zero-order valence-corrected chi connectivity index (χ0v) is 16.8. The van der Waals surface area contributed by atoms with Crippen molar-refractivity contribution in [2.75, 3.05) is 13.2 Å². The summed E-state index contributed by atoms with van der Waals surface area (Å²) in [5, 5.41) is 0. The number of rotatable bonds is 4. The standard InChI is InChI=1S/C21H25BrNO2/c1-5-24-21(25-6-2)18-16-13-14(22)10-11-15(16)19(20(21,3)4)23-12-8-7-9-17(18)23/h7-13,18-19H,5-6H2,1-4H3/q+1/t18-,19-/m0/s1. The van der Waals surface area contributed by atoms with E-state index in [1.807, 2.05) is 0 Å². The molecule has 1 aliphatic carbocycles. The molecule has 0 unspecified atom stereocenters. The van der Waals surface area contributed by atoms with Crippen LogP contribution in [0.1, 0.15) is 56.5 Å². The molecule has 0 amide bonds. The molecule has 3 heterocycles. The molecule has 0 N–H and O–H groups in total. The Morgan fingerprint density at radius 2 is 1.76 bits per heavy atom. The van der Waals surface area contributed by atoms with Gasteiger partial charge in [-0.2, -0.15) is 4.57 Å². The second kappa shape index (κ2) is 5.90. The van der Waals surface area contributed by atoms with E-state index in [9.17, 15) is 0 Å². The maximum atomic E-state index is 6.46. The first-order valence-electron chi connectivity index (χ1n) is 9.05. The molecule has 0 spiro atoms. The molecule has 25 heavy (non-hydrogen) atoms. The fourth-order valence-corrected chi connectivity index (χ4v) is 5.39. The number of halogens is 1. The maximum absolute atomic E-state index is 6.46. The molecule has 0 radical (unpaired) electrons. The summed E-state index contributed by atoms with van der Waals surface area (Å²) in [6, 6.07) is 13.2. The molecule has 4 heteroatoms. The van der Waals surface area contributed by atoms with Gasteiger partial charge in [-0.1, -0.05) is 28.1 Å². The summed E-state index contributed by atoms with van der Waals surface area (Å²) >= 11 is 3.66. The molecule has 0 saturated heterocycles. The Morgan fingerprint density at radius 3 is 2.44 bits per heavy atom. The van der Waals surface area contributed by atoms with Crippen LogP contribution in [0.3, 0.4) is 0 Å². The van der Waals surface area contributed by atoms with E-state index < -0.39 is 5.79 Å². The van der Waals surface area contributed by atoms with Crippen molar-refractivity contribution in [2.24, 2.45) is 5.41 Å². The monoisotopic (exact) mass is 402 g/mol. The summed E-state index contributed by atoms with van der Waals surface area (Å²) in [6.07, 6.45) is 2.20. The van der Waals surface area contributed by atoms with Crippen LogP contribution in [0.25, 0.3) is 0 Å². The Balaban J connectivity index is 2.08. The smallest absolute Gasteiger partial charge is 0.196 e. The first kappa shape index (κ1) is 17.2. The van der Waals surface area contributed by atoms with Gasteiger partial charge in [0.25, 0.3) is 0 Å². The second-order valence-electron chi connectivity index (χ2n) is 7.40. The lowest BCUT2D eigenvalue weighted by Crippen LogP contribution is -2.71. The highest BCUT2D eigenvalue weighted by atomic mass is 79.9. The van der Waals surface area contributed by atoms with Gasteiger partial charge in [-0.05, 0) is 45.4 Å². The Kier molecular flexibility index (Phi) is 4.06. The molecular weight excluding hydrogens is 378 g/mol. The highest BCUT2D eigenvalue weighted by molar-refractivity contribution is 9.10. The van der Waals surface area contributed by atoms with Gasteiger partial charge in [0.05, 0.1) is 5.41 Å². The largest absolute Gasteiger partial charge is 0.348 e. The quantitative estimate of drug-likeness (QED) is 0.551. The van der Waals surface area contributed by atoms with Crippen LogP contribution < -0.4 is 4.57 Å². The minimum atomic E-state index is -0.670. The van der Waals surface area contributed by atoms with Gasteiger partial charge in [0.2, 0.25) is 0 Å². The molecule has 132 valence electrons. The third-order valence-electron chi connectivity index (χ3n) is 5.83. The number of hydrogen-bond acceptors (Lipinski definition) is 2. The first-order chi connectivity index (χ1) is 12.0. The van der Waals surface area contributed by atoms with Crippen molar-refractivity contribution < 1.29 is 14.0 Å². The van der Waals surface area contributed by atoms with Crippen LogP contribution in [0.4, 0.5) is 0 Å². The van der Waals surface area contributed by atoms with Gasteiger partial charge in [0.1, 0.15) is 5.92 Å². The lowest BCUT2D eigenvalue weighted by Gasteiger charge is -2.57. The van der Waals surface area contributed by atoms with Gasteiger partial charge < -0.3 is 9.47 Å². The molecule has 0 fully saturated rings. The Hall–Kier alpha value is -1.23. The molecule has 2 bridgehead atoms. The molecule has 1 aromatic heterocycles. The SMILES string of the molecule is CCOC1(OCC)[C@H]2c3cc(Br)ccc3[C@H]([n+]3ccccc32)C1(C)C. The third kappa shape index (κ3) is 2.14. The zero-order chi connectivity index (χ0) is 17.8. The maximum Gasteiger partial charge on any atom is 0.196 e. The molecule has 3 aliphatic rings. The summed E-state index contributed by atoms with van der Waals surface area (Å²) in [6.45, 7) is 9.93. The van der Waals surface area contributed by atoms with Crippen molar-refractivity contribution in [1.29, 1.82) is 0 Å². The molecule has 2 aliphatic heterocycles. The van der Waals surface area contributed by atoms with E-state index in [4.69, 9.17) is 9.47 Å². The summed E-state index contributed by atoms with van der Waals surface area (Å²) in [7, 11) is 0. The number of ether oxygens (including phenoxy) is 2. The van der Waals surface area contributed by atoms with E-state index in [0.717, 1.165) is 4.47 Å². The van der Waals surface area contributed by atoms with E-state index in [1.165, 1.54) is 16.8 Å². The number of aromatic nitrogens is 1. The second-order valence-corrected chi connectivity index (χ2v) is 8.31. The highest BCUT2D eigenvalue weighted by Crippen LogP contribution is 2.62. The normalized spacial score (nSPS) is 24.7. The van der Waals surface area contributed by atoms with Crippen molar-refractivity contribution in [3.63, 3.8) is 0 Å². The molecule has 0 saturated carbocycles. The number of benzene rings is 1. The summed E-state index contributed by atoms with van der Waals surface area (Å²) in [4.78, 5) is 0. The van der Waals surface area contributed by atoms with Crippen LogP contribution in [0.15, 0.2) is 47.1 Å². The number of fused-ring (bicyclic) bond motifs is 1. The number of nitrogens with zero attached hydrogens (tertiary/aromatic N) is 1. The van der Waals surface area contributed by atoms with Gasteiger partial charge in [0.15, 0.2) is 23.7 Å². The zero-order valence-electron chi connectivity index (χ0n) is 15.3. The van der Waals surface area contributed by atoms with Gasteiger partial charge in [0, 0.05) is 35.4 Å². The summed E-state index contributed by atoms with van der Waals surface area (Å²) in [5.74, 6) is -0.628. The Labute approximate surface area is 158 Å². The number of hydrogen-bond donors (Lipinski definition) is 0. The average molecular weight is 403 g/mol. The van der Waals surface area contributed by atoms with Crippen molar-refractivity contribution in [3.05, 3.63) is 63.9 Å².